The average Bonchev–Trinajstić information content (AvgIpc) is 2.95. The predicted octanol–water partition coefficient (Wildman–Crippen LogP) is -1.76. The van der Waals surface area contributed by atoms with E-state index in [4.69, 9.17) is 4.52 Å². The van der Waals surface area contributed by atoms with Gasteiger partial charge in [-0.25, -0.2) is 4.99 Å². The maximum atomic E-state index is 12.0. The van der Waals surface area contributed by atoms with Crippen molar-refractivity contribution in [1.29, 1.82) is 0 Å². The van der Waals surface area contributed by atoms with Gasteiger partial charge in [0.25, 0.3) is 16.4 Å². The first-order valence-corrected chi connectivity index (χ1v) is 8.30. The Morgan fingerprint density at radius 1 is 1.43 bits per heavy atom. The topological polar surface area (TPSA) is 109 Å². The lowest BCUT2D eigenvalue weighted by Crippen LogP contribution is -2.66. The van der Waals surface area contributed by atoms with Gasteiger partial charge in [-0.05, 0) is 12.3 Å². The van der Waals surface area contributed by atoms with Gasteiger partial charge >= 0.3 is 5.88 Å². The van der Waals surface area contributed by atoms with E-state index in [2.05, 4.69) is 10.3 Å². The molecular weight excluding hydrogens is 348 g/mol. The van der Waals surface area contributed by atoms with Crippen LogP contribution in [0.3, 0.4) is 0 Å². The van der Waals surface area contributed by atoms with Gasteiger partial charge in [-0.3, -0.25) is 4.52 Å². The summed E-state index contributed by atoms with van der Waals surface area (Å²) in [5, 5.41) is 16.8. The number of hydrogen-bond donors (Lipinski definition) is 0. The standard InChI is InChI=1S/C11H20N6O4S.ClH/c1-4-10(18)12-11-9-17(13-21-11)15-5-7-16(8-6-15)22(19,20)14(2)3;/h9H,4-8H2,1-3H3;1H. The molecule has 23 heavy (non-hydrogen) atoms. The molecule has 132 valence electrons. The number of hydrogen-bond acceptors (Lipinski definition) is 7. The van der Waals surface area contributed by atoms with Crippen LogP contribution in [-0.2, 0) is 10.2 Å². The summed E-state index contributed by atoms with van der Waals surface area (Å²) < 4.78 is 31.6. The van der Waals surface area contributed by atoms with Crippen molar-refractivity contribution in [1.82, 2.24) is 13.9 Å². The lowest BCUT2D eigenvalue weighted by molar-refractivity contribution is -0.759. The molecule has 1 fully saturated rings. The SMILES string of the molecule is CCC([O-])=Nc1c[n+](N2CCN(S(=O)(=O)N(C)C)CC2)no1.Cl. The number of piperazine rings is 1. The molecule has 0 radical (unpaired) electrons. The van der Waals surface area contributed by atoms with Crippen LogP contribution in [0.5, 0.6) is 0 Å². The Morgan fingerprint density at radius 3 is 2.57 bits per heavy atom. The monoisotopic (exact) mass is 368 g/mol. The van der Waals surface area contributed by atoms with Crippen LogP contribution in [0.1, 0.15) is 13.3 Å². The van der Waals surface area contributed by atoms with Crippen molar-refractivity contribution in [3.8, 4) is 0 Å². The maximum Gasteiger partial charge on any atom is 0.324 e. The van der Waals surface area contributed by atoms with Crippen LogP contribution in [0.4, 0.5) is 5.88 Å². The van der Waals surface area contributed by atoms with Crippen LogP contribution in [0.25, 0.3) is 0 Å². The third-order valence-electron chi connectivity index (χ3n) is 3.27. The van der Waals surface area contributed by atoms with E-state index in [0.29, 0.717) is 32.6 Å². The summed E-state index contributed by atoms with van der Waals surface area (Å²) in [4.78, 5) is 5.19. The molecule has 12 heteroatoms. The Labute approximate surface area is 141 Å². The molecule has 1 saturated heterocycles. The molecular formula is C11H21ClN6O4S. The van der Waals surface area contributed by atoms with Gasteiger partial charge in [0.15, 0.2) is 0 Å². The van der Waals surface area contributed by atoms with Crippen molar-refractivity contribution in [3.05, 3.63) is 6.20 Å². The van der Waals surface area contributed by atoms with Gasteiger partial charge in [0, 0.05) is 27.2 Å². The molecule has 0 N–H and O–H groups in total. The summed E-state index contributed by atoms with van der Waals surface area (Å²) in [7, 11) is -0.383. The first-order chi connectivity index (χ1) is 10.3. The first kappa shape index (κ1) is 19.6. The van der Waals surface area contributed by atoms with E-state index in [0.717, 1.165) is 0 Å². The van der Waals surface area contributed by atoms with Crippen molar-refractivity contribution in [2.45, 2.75) is 13.3 Å². The van der Waals surface area contributed by atoms with E-state index in [9.17, 15) is 13.5 Å². The summed E-state index contributed by atoms with van der Waals surface area (Å²) in [6.45, 7) is 3.33. The molecule has 2 rings (SSSR count). The van der Waals surface area contributed by atoms with Gasteiger partial charge in [-0.15, -0.1) is 12.4 Å². The molecule has 0 unspecified atom stereocenters. The first-order valence-electron chi connectivity index (χ1n) is 6.90. The highest BCUT2D eigenvalue weighted by Gasteiger charge is 2.32. The lowest BCUT2D eigenvalue weighted by Gasteiger charge is -2.30. The minimum absolute atomic E-state index is 0. The molecule has 1 aliphatic rings. The smallest absolute Gasteiger partial charge is 0.324 e. The van der Waals surface area contributed by atoms with Crippen LogP contribution >= 0.6 is 12.4 Å². The van der Waals surface area contributed by atoms with Gasteiger partial charge in [-0.2, -0.15) is 22.0 Å². The molecule has 10 nitrogen and oxygen atoms in total. The summed E-state index contributed by atoms with van der Waals surface area (Å²) >= 11 is 0. The molecule has 0 atom stereocenters. The Bertz CT molecular complexity index is 639. The van der Waals surface area contributed by atoms with Gasteiger partial charge in [0.1, 0.15) is 0 Å². The summed E-state index contributed by atoms with van der Waals surface area (Å²) in [5.41, 5.74) is 0. The molecule has 0 spiro atoms. The Balaban J connectivity index is 0.00000264. The largest absolute Gasteiger partial charge is 0.862 e. The van der Waals surface area contributed by atoms with E-state index in [1.807, 2.05) is 5.01 Å². The quantitative estimate of drug-likeness (QED) is 0.346. The number of aromatic nitrogens is 2. The predicted molar refractivity (Wildman–Crippen MR) is 83.5 cm³/mol. The molecule has 2 heterocycles. The number of halogens is 1. The lowest BCUT2D eigenvalue weighted by atomic mass is 10.4. The van der Waals surface area contributed by atoms with Crippen molar-refractivity contribution < 1.29 is 22.8 Å². The zero-order valence-electron chi connectivity index (χ0n) is 13.2. The molecule has 0 bridgehead atoms. The number of nitrogens with zero attached hydrogens (tertiary/aromatic N) is 6. The van der Waals surface area contributed by atoms with Gasteiger partial charge in [-0.1, -0.05) is 6.92 Å². The number of rotatable bonds is 5. The Hall–Kier alpha value is -1.43. The van der Waals surface area contributed by atoms with Crippen molar-refractivity contribution in [2.75, 3.05) is 45.3 Å². The second kappa shape index (κ2) is 7.90. The van der Waals surface area contributed by atoms with E-state index in [-0.39, 0.29) is 24.2 Å². The normalized spacial score (nSPS) is 17.4. The van der Waals surface area contributed by atoms with Gasteiger partial charge < -0.3 is 5.11 Å². The minimum Gasteiger partial charge on any atom is -0.862 e. The Kier molecular flexibility index (Phi) is 6.74. The summed E-state index contributed by atoms with van der Waals surface area (Å²) in [6.07, 6.45) is 1.80. The van der Waals surface area contributed by atoms with Crippen molar-refractivity contribution in [2.24, 2.45) is 4.99 Å². The van der Waals surface area contributed by atoms with E-state index in [1.54, 1.807) is 6.92 Å². The molecule has 0 aromatic carbocycles. The molecule has 0 aliphatic carbocycles. The highest BCUT2D eigenvalue weighted by Crippen LogP contribution is 2.09. The molecule has 1 aromatic rings. The van der Waals surface area contributed by atoms with Crippen molar-refractivity contribution in [3.63, 3.8) is 0 Å². The Morgan fingerprint density at radius 2 is 2.04 bits per heavy atom. The van der Waals surface area contributed by atoms with Crippen LogP contribution < -0.4 is 14.9 Å². The van der Waals surface area contributed by atoms with Crippen LogP contribution in [0.15, 0.2) is 15.7 Å². The fourth-order valence-electron chi connectivity index (χ4n) is 1.96. The van der Waals surface area contributed by atoms with Crippen LogP contribution in [0.2, 0.25) is 0 Å². The zero-order valence-corrected chi connectivity index (χ0v) is 14.9. The zero-order chi connectivity index (χ0) is 16.3. The summed E-state index contributed by atoms with van der Waals surface area (Å²) in [6, 6.07) is 0. The van der Waals surface area contributed by atoms with E-state index >= 15 is 0 Å². The molecule has 1 aromatic heterocycles. The second-order valence-corrected chi connectivity index (χ2v) is 7.10. The summed E-state index contributed by atoms with van der Waals surface area (Å²) in [5.74, 6) is -0.152. The highest BCUT2D eigenvalue weighted by molar-refractivity contribution is 7.86. The highest BCUT2D eigenvalue weighted by atomic mass is 35.5. The third-order valence-corrected chi connectivity index (χ3v) is 5.21. The van der Waals surface area contributed by atoms with Gasteiger partial charge in [0.2, 0.25) is 5.27 Å². The van der Waals surface area contributed by atoms with E-state index in [1.165, 1.54) is 33.7 Å². The number of aliphatic imine (C=N–C) groups is 1. The van der Waals surface area contributed by atoms with Gasteiger partial charge in [0.05, 0.1) is 17.9 Å². The second-order valence-electron chi connectivity index (χ2n) is 4.96. The minimum atomic E-state index is -3.40. The molecule has 1 aliphatic heterocycles. The average molecular weight is 369 g/mol. The maximum absolute atomic E-state index is 12.0. The van der Waals surface area contributed by atoms with Crippen LogP contribution in [0, 0.1) is 0 Å². The third kappa shape index (κ3) is 4.53. The van der Waals surface area contributed by atoms with Crippen molar-refractivity contribution >= 4 is 34.4 Å². The van der Waals surface area contributed by atoms with Crippen LogP contribution in [-0.4, -0.2) is 68.5 Å². The fourth-order valence-corrected chi connectivity index (χ4v) is 3.04. The molecule has 0 amide bonds. The molecule has 0 saturated carbocycles. The van der Waals surface area contributed by atoms with E-state index < -0.39 is 10.2 Å². The fraction of sp³-hybridized carbons (Fsp3) is 0.727.